The van der Waals surface area contributed by atoms with E-state index in [0.717, 1.165) is 23.3 Å². The van der Waals surface area contributed by atoms with Crippen molar-refractivity contribution in [3.8, 4) is 5.75 Å². The molecule has 0 saturated carbocycles. The summed E-state index contributed by atoms with van der Waals surface area (Å²) in [6, 6.07) is 15.7. The van der Waals surface area contributed by atoms with Gasteiger partial charge in [0.1, 0.15) is 11.9 Å². The molecule has 2 rings (SSSR count). The number of para-hydroxylation sites is 1. The molecule has 0 aliphatic heterocycles. The molecule has 0 radical (unpaired) electrons. The molecular weight excluding hydrogens is 236 g/mol. The predicted molar refractivity (Wildman–Crippen MR) is 77.5 cm³/mol. The molecule has 19 heavy (non-hydrogen) atoms. The van der Waals surface area contributed by atoms with Crippen LogP contribution in [0.25, 0.3) is 0 Å². The first-order chi connectivity index (χ1) is 9.26. The average Bonchev–Trinajstić information content (AvgIpc) is 2.47. The molecular formula is C17H20O2. The molecule has 0 spiro atoms. The van der Waals surface area contributed by atoms with Gasteiger partial charge < -0.3 is 9.84 Å². The minimum atomic E-state index is -0.645. The normalized spacial score (nSPS) is 12.2. The van der Waals surface area contributed by atoms with E-state index in [1.807, 2.05) is 43.3 Å². The number of ether oxygens (including phenoxy) is 1. The summed E-state index contributed by atoms with van der Waals surface area (Å²) >= 11 is 0. The summed E-state index contributed by atoms with van der Waals surface area (Å²) in [6.07, 6.45) is 0.361. The van der Waals surface area contributed by atoms with Crippen molar-refractivity contribution in [3.05, 3.63) is 65.2 Å². The summed E-state index contributed by atoms with van der Waals surface area (Å²) in [4.78, 5) is 0. The highest BCUT2D eigenvalue weighted by Gasteiger charge is 2.14. The van der Waals surface area contributed by atoms with Crippen molar-refractivity contribution in [2.24, 2.45) is 0 Å². The Morgan fingerprint density at radius 3 is 2.32 bits per heavy atom. The standard InChI is InChI=1S/C17H20O2/c1-3-13-9-11-14(12-10-13)17(18)15-7-5-6-8-16(15)19-4-2/h5-12,17-18H,3-4H2,1-2H3. The zero-order chi connectivity index (χ0) is 13.7. The first-order valence-corrected chi connectivity index (χ1v) is 6.74. The molecule has 0 bridgehead atoms. The van der Waals surface area contributed by atoms with E-state index in [-0.39, 0.29) is 0 Å². The minimum absolute atomic E-state index is 0.596. The van der Waals surface area contributed by atoms with E-state index >= 15 is 0 Å². The smallest absolute Gasteiger partial charge is 0.125 e. The van der Waals surface area contributed by atoms with Gasteiger partial charge >= 0.3 is 0 Å². The fourth-order valence-electron chi connectivity index (χ4n) is 2.11. The van der Waals surface area contributed by atoms with Gasteiger partial charge in [0.25, 0.3) is 0 Å². The molecule has 1 atom stereocenters. The van der Waals surface area contributed by atoms with Crippen LogP contribution >= 0.6 is 0 Å². The Balaban J connectivity index is 2.29. The zero-order valence-corrected chi connectivity index (χ0v) is 11.5. The lowest BCUT2D eigenvalue weighted by atomic mass is 9.99. The van der Waals surface area contributed by atoms with Crippen LogP contribution < -0.4 is 4.74 Å². The van der Waals surface area contributed by atoms with E-state index in [2.05, 4.69) is 19.1 Å². The van der Waals surface area contributed by atoms with Crippen LogP contribution in [0, 0.1) is 0 Å². The Hall–Kier alpha value is -1.80. The largest absolute Gasteiger partial charge is 0.493 e. The highest BCUT2D eigenvalue weighted by atomic mass is 16.5. The van der Waals surface area contributed by atoms with Gasteiger partial charge in [0.15, 0.2) is 0 Å². The number of aryl methyl sites for hydroxylation is 1. The fourth-order valence-corrected chi connectivity index (χ4v) is 2.11. The van der Waals surface area contributed by atoms with Gasteiger partial charge in [0.2, 0.25) is 0 Å². The molecule has 0 aliphatic rings. The predicted octanol–water partition coefficient (Wildman–Crippen LogP) is 3.73. The second-order valence-electron chi connectivity index (χ2n) is 4.47. The maximum atomic E-state index is 10.5. The van der Waals surface area contributed by atoms with Crippen molar-refractivity contribution in [2.45, 2.75) is 26.4 Å². The SMILES string of the molecule is CCOc1ccccc1C(O)c1ccc(CC)cc1. The molecule has 2 aromatic rings. The topological polar surface area (TPSA) is 29.5 Å². The summed E-state index contributed by atoms with van der Waals surface area (Å²) in [5, 5.41) is 10.5. The Morgan fingerprint density at radius 2 is 1.68 bits per heavy atom. The van der Waals surface area contributed by atoms with Crippen LogP contribution in [0.15, 0.2) is 48.5 Å². The van der Waals surface area contributed by atoms with E-state index in [4.69, 9.17) is 4.74 Å². The van der Waals surface area contributed by atoms with Crippen LogP contribution in [-0.4, -0.2) is 11.7 Å². The van der Waals surface area contributed by atoms with Crippen molar-refractivity contribution in [1.82, 2.24) is 0 Å². The molecule has 1 unspecified atom stereocenters. The molecule has 1 N–H and O–H groups in total. The van der Waals surface area contributed by atoms with Gasteiger partial charge in [0.05, 0.1) is 6.61 Å². The van der Waals surface area contributed by atoms with Gasteiger partial charge in [-0.3, -0.25) is 0 Å². The number of aliphatic hydroxyl groups excluding tert-OH is 1. The van der Waals surface area contributed by atoms with Gasteiger partial charge in [-0.1, -0.05) is 49.4 Å². The van der Waals surface area contributed by atoms with Gasteiger partial charge in [-0.05, 0) is 30.5 Å². The summed E-state index contributed by atoms with van der Waals surface area (Å²) in [6.45, 7) is 4.66. The van der Waals surface area contributed by atoms with Crippen LogP contribution in [0.4, 0.5) is 0 Å². The van der Waals surface area contributed by atoms with E-state index in [9.17, 15) is 5.11 Å². The lowest BCUT2D eigenvalue weighted by Gasteiger charge is -2.16. The Labute approximate surface area is 114 Å². The maximum Gasteiger partial charge on any atom is 0.125 e. The lowest BCUT2D eigenvalue weighted by Crippen LogP contribution is -2.04. The maximum absolute atomic E-state index is 10.5. The van der Waals surface area contributed by atoms with Crippen LogP contribution in [0.3, 0.4) is 0 Å². The Morgan fingerprint density at radius 1 is 1.00 bits per heavy atom. The van der Waals surface area contributed by atoms with Crippen LogP contribution in [0.1, 0.15) is 36.6 Å². The van der Waals surface area contributed by atoms with E-state index < -0.39 is 6.10 Å². The highest BCUT2D eigenvalue weighted by Crippen LogP contribution is 2.30. The van der Waals surface area contributed by atoms with Crippen LogP contribution in [0.2, 0.25) is 0 Å². The third-order valence-electron chi connectivity index (χ3n) is 3.22. The van der Waals surface area contributed by atoms with Crippen molar-refractivity contribution in [3.63, 3.8) is 0 Å². The third kappa shape index (κ3) is 3.15. The molecule has 0 fully saturated rings. The fraction of sp³-hybridized carbons (Fsp3) is 0.294. The van der Waals surface area contributed by atoms with Crippen LogP contribution in [0.5, 0.6) is 5.75 Å². The molecule has 2 aromatic carbocycles. The molecule has 0 aromatic heterocycles. The average molecular weight is 256 g/mol. The number of aliphatic hydroxyl groups is 1. The molecule has 2 nitrogen and oxygen atoms in total. The number of hydrogen-bond donors (Lipinski definition) is 1. The van der Waals surface area contributed by atoms with Crippen molar-refractivity contribution in [2.75, 3.05) is 6.61 Å². The molecule has 0 amide bonds. The summed E-state index contributed by atoms with van der Waals surface area (Å²) in [5.41, 5.74) is 2.98. The second-order valence-corrected chi connectivity index (χ2v) is 4.47. The summed E-state index contributed by atoms with van der Waals surface area (Å²) < 4.78 is 5.56. The monoisotopic (exact) mass is 256 g/mol. The van der Waals surface area contributed by atoms with Crippen LogP contribution in [-0.2, 0) is 6.42 Å². The van der Waals surface area contributed by atoms with Gasteiger partial charge in [-0.25, -0.2) is 0 Å². The van der Waals surface area contributed by atoms with Crippen molar-refractivity contribution < 1.29 is 9.84 Å². The van der Waals surface area contributed by atoms with Crippen molar-refractivity contribution in [1.29, 1.82) is 0 Å². The zero-order valence-electron chi connectivity index (χ0n) is 11.5. The second kappa shape index (κ2) is 6.39. The first kappa shape index (κ1) is 13.6. The van der Waals surface area contributed by atoms with Gasteiger partial charge in [-0.2, -0.15) is 0 Å². The number of rotatable bonds is 5. The molecule has 0 aliphatic carbocycles. The molecule has 100 valence electrons. The van der Waals surface area contributed by atoms with Crippen molar-refractivity contribution >= 4 is 0 Å². The van der Waals surface area contributed by atoms with Gasteiger partial charge in [0, 0.05) is 5.56 Å². The highest BCUT2D eigenvalue weighted by molar-refractivity contribution is 5.40. The molecule has 0 heterocycles. The summed E-state index contributed by atoms with van der Waals surface area (Å²) in [5.74, 6) is 0.747. The lowest BCUT2D eigenvalue weighted by molar-refractivity contribution is 0.212. The third-order valence-corrected chi connectivity index (χ3v) is 3.22. The van der Waals surface area contributed by atoms with Gasteiger partial charge in [-0.15, -0.1) is 0 Å². The quantitative estimate of drug-likeness (QED) is 0.883. The van der Waals surface area contributed by atoms with E-state index in [1.165, 1.54) is 5.56 Å². The van der Waals surface area contributed by atoms with E-state index in [0.29, 0.717) is 6.61 Å². The number of benzene rings is 2. The van der Waals surface area contributed by atoms with E-state index in [1.54, 1.807) is 0 Å². The first-order valence-electron chi connectivity index (χ1n) is 6.74. The molecule has 0 saturated heterocycles. The number of hydrogen-bond acceptors (Lipinski definition) is 2. The molecule has 2 heteroatoms. The summed E-state index contributed by atoms with van der Waals surface area (Å²) in [7, 11) is 0. The minimum Gasteiger partial charge on any atom is -0.493 e. The Kier molecular flexibility index (Phi) is 4.58. The Bertz CT molecular complexity index is 517.